The monoisotopic (exact) mass is 477 g/mol. The molecule has 0 saturated heterocycles. The molecule has 148 valence electrons. The van der Waals surface area contributed by atoms with E-state index in [0.717, 1.165) is 61.7 Å². The van der Waals surface area contributed by atoms with E-state index < -0.39 is 0 Å². The van der Waals surface area contributed by atoms with Crippen LogP contribution in [0.2, 0.25) is 0 Å². The number of methoxy groups -OCH3 is 2. The van der Waals surface area contributed by atoms with Gasteiger partial charge < -0.3 is 24.8 Å². The van der Waals surface area contributed by atoms with Gasteiger partial charge in [-0.2, -0.15) is 0 Å². The molecule has 1 aromatic rings. The van der Waals surface area contributed by atoms with Gasteiger partial charge in [0.25, 0.3) is 0 Å². The first kappa shape index (κ1) is 22.8. The van der Waals surface area contributed by atoms with Crippen LogP contribution in [0, 0.1) is 5.92 Å². The molecule has 0 heterocycles. The number of rotatable bonds is 11. The molecule has 0 aliphatic heterocycles. The van der Waals surface area contributed by atoms with Gasteiger partial charge in [-0.3, -0.25) is 0 Å². The SMILES string of the molecule is CCNC(=NCc1ccc(OC)c(OC)c1)NCCCOCC1CC1.I. The van der Waals surface area contributed by atoms with Crippen LogP contribution in [0.3, 0.4) is 0 Å². The van der Waals surface area contributed by atoms with Crippen LogP contribution in [0.5, 0.6) is 11.5 Å². The Morgan fingerprint density at radius 1 is 1.15 bits per heavy atom. The summed E-state index contributed by atoms with van der Waals surface area (Å²) in [7, 11) is 3.28. The number of hydrogen-bond donors (Lipinski definition) is 2. The van der Waals surface area contributed by atoms with Gasteiger partial charge in [0.15, 0.2) is 17.5 Å². The molecule has 2 rings (SSSR count). The largest absolute Gasteiger partial charge is 0.493 e. The highest BCUT2D eigenvalue weighted by molar-refractivity contribution is 14.0. The number of nitrogens with zero attached hydrogens (tertiary/aromatic N) is 1. The second-order valence-corrected chi connectivity index (χ2v) is 6.18. The van der Waals surface area contributed by atoms with Crippen molar-refractivity contribution >= 4 is 29.9 Å². The Kier molecular flexibility index (Phi) is 11.4. The molecule has 1 aliphatic carbocycles. The van der Waals surface area contributed by atoms with Crippen molar-refractivity contribution in [3.8, 4) is 11.5 Å². The summed E-state index contributed by atoms with van der Waals surface area (Å²) in [5, 5.41) is 6.61. The van der Waals surface area contributed by atoms with Crippen molar-refractivity contribution in [3.05, 3.63) is 23.8 Å². The maximum atomic E-state index is 5.65. The number of guanidine groups is 1. The third-order valence-corrected chi connectivity index (χ3v) is 4.02. The molecule has 0 radical (unpaired) electrons. The van der Waals surface area contributed by atoms with Crippen molar-refractivity contribution in [1.82, 2.24) is 10.6 Å². The summed E-state index contributed by atoms with van der Waals surface area (Å²) in [4.78, 5) is 4.63. The normalized spacial score (nSPS) is 13.7. The van der Waals surface area contributed by atoms with E-state index in [0.29, 0.717) is 6.54 Å². The van der Waals surface area contributed by atoms with Gasteiger partial charge in [0.2, 0.25) is 0 Å². The topological polar surface area (TPSA) is 64.1 Å². The van der Waals surface area contributed by atoms with Crippen LogP contribution in [0.4, 0.5) is 0 Å². The molecule has 1 aliphatic rings. The second-order valence-electron chi connectivity index (χ2n) is 6.18. The van der Waals surface area contributed by atoms with Crippen LogP contribution in [-0.2, 0) is 11.3 Å². The maximum absolute atomic E-state index is 5.65. The molecule has 1 aromatic carbocycles. The lowest BCUT2D eigenvalue weighted by Gasteiger charge is -2.12. The summed E-state index contributed by atoms with van der Waals surface area (Å²) in [6.07, 6.45) is 3.66. The predicted molar refractivity (Wildman–Crippen MR) is 116 cm³/mol. The molecular weight excluding hydrogens is 445 g/mol. The molecule has 0 bridgehead atoms. The van der Waals surface area contributed by atoms with Gasteiger partial charge >= 0.3 is 0 Å². The minimum Gasteiger partial charge on any atom is -0.493 e. The Hall–Kier alpha value is -1.22. The maximum Gasteiger partial charge on any atom is 0.191 e. The van der Waals surface area contributed by atoms with Gasteiger partial charge in [-0.25, -0.2) is 4.99 Å². The van der Waals surface area contributed by atoms with Crippen molar-refractivity contribution in [2.75, 3.05) is 40.5 Å². The summed E-state index contributed by atoms with van der Waals surface area (Å²) in [6, 6.07) is 5.86. The van der Waals surface area contributed by atoms with Crippen LogP contribution >= 0.6 is 24.0 Å². The van der Waals surface area contributed by atoms with Gasteiger partial charge in [0.1, 0.15) is 0 Å². The van der Waals surface area contributed by atoms with E-state index in [4.69, 9.17) is 14.2 Å². The first-order valence-corrected chi connectivity index (χ1v) is 9.07. The molecule has 1 saturated carbocycles. The number of benzene rings is 1. The summed E-state index contributed by atoms with van der Waals surface area (Å²) in [6.45, 7) is 6.05. The fourth-order valence-electron chi connectivity index (χ4n) is 2.41. The Balaban J connectivity index is 0.00000338. The summed E-state index contributed by atoms with van der Waals surface area (Å²) < 4.78 is 16.2. The zero-order chi connectivity index (χ0) is 17.9. The number of aliphatic imine (C=N–C) groups is 1. The number of hydrogen-bond acceptors (Lipinski definition) is 4. The van der Waals surface area contributed by atoms with Crippen molar-refractivity contribution in [2.45, 2.75) is 32.7 Å². The molecule has 0 amide bonds. The molecule has 1 fully saturated rings. The Morgan fingerprint density at radius 2 is 1.92 bits per heavy atom. The molecule has 6 nitrogen and oxygen atoms in total. The smallest absolute Gasteiger partial charge is 0.191 e. The minimum absolute atomic E-state index is 0. The Labute approximate surface area is 174 Å². The van der Waals surface area contributed by atoms with Crippen LogP contribution in [-0.4, -0.2) is 46.5 Å². The van der Waals surface area contributed by atoms with E-state index in [1.165, 1.54) is 12.8 Å². The van der Waals surface area contributed by atoms with E-state index in [2.05, 4.69) is 22.5 Å². The molecule has 0 atom stereocenters. The molecule has 0 spiro atoms. The molecule has 0 aromatic heterocycles. The minimum atomic E-state index is 0. The van der Waals surface area contributed by atoms with E-state index in [1.807, 2.05) is 18.2 Å². The van der Waals surface area contributed by atoms with Crippen LogP contribution in [0.1, 0.15) is 31.7 Å². The third-order valence-electron chi connectivity index (χ3n) is 4.02. The van der Waals surface area contributed by atoms with Gasteiger partial charge in [-0.05, 0) is 49.8 Å². The average Bonchev–Trinajstić information content (AvgIpc) is 3.46. The van der Waals surface area contributed by atoms with Gasteiger partial charge in [0, 0.05) is 26.3 Å². The first-order chi connectivity index (χ1) is 12.3. The van der Waals surface area contributed by atoms with Crippen LogP contribution in [0.15, 0.2) is 23.2 Å². The van der Waals surface area contributed by atoms with E-state index in [1.54, 1.807) is 14.2 Å². The third kappa shape index (κ3) is 8.44. The van der Waals surface area contributed by atoms with E-state index in [9.17, 15) is 0 Å². The van der Waals surface area contributed by atoms with Gasteiger partial charge in [-0.15, -0.1) is 24.0 Å². The lowest BCUT2D eigenvalue weighted by atomic mass is 10.2. The Morgan fingerprint density at radius 3 is 2.58 bits per heavy atom. The zero-order valence-electron chi connectivity index (χ0n) is 16.0. The molecule has 0 unspecified atom stereocenters. The van der Waals surface area contributed by atoms with Crippen LogP contribution in [0.25, 0.3) is 0 Å². The second kappa shape index (κ2) is 13.0. The van der Waals surface area contributed by atoms with Gasteiger partial charge in [-0.1, -0.05) is 6.07 Å². The quantitative estimate of drug-likeness (QED) is 0.222. The predicted octanol–water partition coefficient (Wildman–Crippen LogP) is 3.19. The molecule has 2 N–H and O–H groups in total. The summed E-state index contributed by atoms with van der Waals surface area (Å²) in [5.41, 5.74) is 1.07. The highest BCUT2D eigenvalue weighted by Crippen LogP contribution is 2.29. The van der Waals surface area contributed by atoms with E-state index >= 15 is 0 Å². The van der Waals surface area contributed by atoms with Crippen molar-refractivity contribution in [2.24, 2.45) is 10.9 Å². The molecule has 7 heteroatoms. The fraction of sp³-hybridized carbons (Fsp3) is 0.632. The zero-order valence-corrected chi connectivity index (χ0v) is 18.4. The van der Waals surface area contributed by atoms with Crippen molar-refractivity contribution in [3.63, 3.8) is 0 Å². The molecular formula is C19H32IN3O3. The first-order valence-electron chi connectivity index (χ1n) is 9.07. The molecule has 26 heavy (non-hydrogen) atoms. The lowest BCUT2D eigenvalue weighted by Crippen LogP contribution is -2.38. The van der Waals surface area contributed by atoms with Gasteiger partial charge in [0.05, 0.1) is 20.8 Å². The summed E-state index contributed by atoms with van der Waals surface area (Å²) in [5.74, 6) is 3.10. The van der Waals surface area contributed by atoms with E-state index in [-0.39, 0.29) is 24.0 Å². The standard InChI is InChI=1S/C19H31N3O3.HI/c1-4-20-19(21-10-5-11-25-14-15-6-7-15)22-13-16-8-9-17(23-2)18(12-16)24-3;/h8-9,12,15H,4-7,10-11,13-14H2,1-3H3,(H2,20,21,22);1H. The fourth-order valence-corrected chi connectivity index (χ4v) is 2.41. The highest BCUT2D eigenvalue weighted by atomic mass is 127. The number of ether oxygens (including phenoxy) is 3. The average molecular weight is 477 g/mol. The number of nitrogens with one attached hydrogen (secondary N) is 2. The van der Waals surface area contributed by atoms with Crippen LogP contribution < -0.4 is 20.1 Å². The lowest BCUT2D eigenvalue weighted by molar-refractivity contribution is 0.123. The Bertz CT molecular complexity index is 551. The van der Waals surface area contributed by atoms with Crippen molar-refractivity contribution < 1.29 is 14.2 Å². The summed E-state index contributed by atoms with van der Waals surface area (Å²) >= 11 is 0. The number of halogens is 1. The van der Waals surface area contributed by atoms with Crippen molar-refractivity contribution in [1.29, 1.82) is 0 Å². The highest BCUT2D eigenvalue weighted by Gasteiger charge is 2.20.